The molecule has 0 fully saturated rings. The summed E-state index contributed by atoms with van der Waals surface area (Å²) in [4.78, 5) is 23.7. The van der Waals surface area contributed by atoms with Gasteiger partial charge < -0.3 is 24.3 Å². The summed E-state index contributed by atoms with van der Waals surface area (Å²) in [6, 6.07) is 10.7. The van der Waals surface area contributed by atoms with Gasteiger partial charge in [-0.3, -0.25) is 4.79 Å². The smallest absolute Gasteiger partial charge is 0.387 e. The molecule has 1 amide bonds. The van der Waals surface area contributed by atoms with Crippen molar-refractivity contribution < 1.29 is 37.3 Å². The molecule has 1 N–H and O–H groups in total. The van der Waals surface area contributed by atoms with Gasteiger partial charge in [-0.2, -0.15) is 8.78 Å². The van der Waals surface area contributed by atoms with E-state index in [1.165, 1.54) is 44.6 Å². The number of amides is 1. The van der Waals surface area contributed by atoms with Gasteiger partial charge in [0.1, 0.15) is 5.75 Å². The monoisotopic (exact) mass is 407 g/mol. The van der Waals surface area contributed by atoms with Crippen molar-refractivity contribution in [3.63, 3.8) is 0 Å². The van der Waals surface area contributed by atoms with Gasteiger partial charge in [-0.15, -0.1) is 0 Å². The number of para-hydroxylation sites is 2. The summed E-state index contributed by atoms with van der Waals surface area (Å²) < 4.78 is 44.2. The molecule has 2 aromatic rings. The first-order valence-corrected chi connectivity index (χ1v) is 8.33. The first-order valence-electron chi connectivity index (χ1n) is 8.33. The molecule has 0 unspecified atom stereocenters. The minimum Gasteiger partial charge on any atom is -0.493 e. The second-order valence-corrected chi connectivity index (χ2v) is 5.48. The number of alkyl halides is 2. The minimum absolute atomic E-state index is 0.0368. The van der Waals surface area contributed by atoms with Crippen LogP contribution in [-0.2, 0) is 14.3 Å². The van der Waals surface area contributed by atoms with Gasteiger partial charge in [0.05, 0.1) is 19.9 Å². The summed E-state index contributed by atoms with van der Waals surface area (Å²) in [5.74, 6) is -0.627. The molecule has 0 radical (unpaired) electrons. The Morgan fingerprint density at radius 2 is 1.76 bits per heavy atom. The molecule has 0 saturated heterocycles. The molecular weight excluding hydrogens is 388 g/mol. The summed E-state index contributed by atoms with van der Waals surface area (Å²) in [6.07, 6.45) is 2.62. The zero-order chi connectivity index (χ0) is 21.2. The molecule has 0 spiro atoms. The van der Waals surface area contributed by atoms with Gasteiger partial charge in [0, 0.05) is 6.08 Å². The third-order valence-corrected chi connectivity index (χ3v) is 3.54. The van der Waals surface area contributed by atoms with Crippen molar-refractivity contribution in [1.82, 2.24) is 0 Å². The zero-order valence-corrected chi connectivity index (χ0v) is 15.7. The van der Waals surface area contributed by atoms with E-state index in [4.69, 9.17) is 14.2 Å². The number of carbonyl (C=O) groups excluding carboxylic acids is 2. The van der Waals surface area contributed by atoms with Crippen LogP contribution in [-0.4, -0.2) is 39.3 Å². The Morgan fingerprint density at radius 1 is 1.03 bits per heavy atom. The van der Waals surface area contributed by atoms with Crippen molar-refractivity contribution in [2.75, 3.05) is 26.1 Å². The van der Waals surface area contributed by atoms with E-state index in [0.717, 1.165) is 6.08 Å². The lowest BCUT2D eigenvalue weighted by Gasteiger charge is -2.11. The number of nitrogens with one attached hydrogen (secondary N) is 1. The Labute approximate surface area is 165 Å². The van der Waals surface area contributed by atoms with Crippen LogP contribution in [0.2, 0.25) is 0 Å². The highest BCUT2D eigenvalue weighted by Gasteiger charge is 2.12. The van der Waals surface area contributed by atoms with Gasteiger partial charge in [-0.25, -0.2) is 4.79 Å². The number of hydrogen-bond donors (Lipinski definition) is 1. The van der Waals surface area contributed by atoms with Crippen LogP contribution in [0.3, 0.4) is 0 Å². The molecule has 0 bridgehead atoms. The number of ether oxygens (including phenoxy) is 4. The van der Waals surface area contributed by atoms with Crippen LogP contribution in [0.15, 0.2) is 48.5 Å². The summed E-state index contributed by atoms with van der Waals surface area (Å²) in [5, 5.41) is 2.34. The summed E-state index contributed by atoms with van der Waals surface area (Å²) in [6.45, 7) is -3.63. The predicted octanol–water partition coefficient (Wildman–Crippen LogP) is 3.50. The predicted molar refractivity (Wildman–Crippen MR) is 101 cm³/mol. The van der Waals surface area contributed by atoms with E-state index in [0.29, 0.717) is 17.1 Å². The maximum atomic E-state index is 12.4. The van der Waals surface area contributed by atoms with Crippen molar-refractivity contribution in [3.8, 4) is 17.2 Å². The van der Waals surface area contributed by atoms with E-state index < -0.39 is 25.1 Å². The minimum atomic E-state index is -3.03. The third kappa shape index (κ3) is 6.80. The number of benzene rings is 2. The Hall–Kier alpha value is -3.62. The molecule has 0 heterocycles. The number of halogens is 2. The lowest BCUT2D eigenvalue weighted by atomic mass is 10.2. The molecule has 0 saturated carbocycles. The van der Waals surface area contributed by atoms with Crippen LogP contribution in [0, 0.1) is 0 Å². The summed E-state index contributed by atoms with van der Waals surface area (Å²) in [7, 11) is 3.00. The molecule has 2 aromatic carbocycles. The van der Waals surface area contributed by atoms with Crippen molar-refractivity contribution in [3.05, 3.63) is 54.1 Å². The van der Waals surface area contributed by atoms with E-state index in [-0.39, 0.29) is 11.4 Å². The Kier molecular flexibility index (Phi) is 7.96. The third-order valence-electron chi connectivity index (χ3n) is 3.54. The molecule has 0 aliphatic rings. The van der Waals surface area contributed by atoms with E-state index in [2.05, 4.69) is 10.1 Å². The highest BCUT2D eigenvalue weighted by Crippen LogP contribution is 2.28. The highest BCUT2D eigenvalue weighted by molar-refractivity contribution is 5.95. The largest absolute Gasteiger partial charge is 0.493 e. The average Bonchev–Trinajstić information content (AvgIpc) is 2.71. The fraction of sp³-hybridized carbons (Fsp3) is 0.200. The maximum absolute atomic E-state index is 12.4. The van der Waals surface area contributed by atoms with E-state index in [1.807, 2.05) is 0 Å². The van der Waals surface area contributed by atoms with Gasteiger partial charge in [0.2, 0.25) is 0 Å². The topological polar surface area (TPSA) is 83.1 Å². The molecule has 9 heteroatoms. The molecule has 154 valence electrons. The maximum Gasteiger partial charge on any atom is 0.387 e. The number of esters is 1. The van der Waals surface area contributed by atoms with Gasteiger partial charge in [0.25, 0.3) is 5.91 Å². The number of methoxy groups -OCH3 is 2. The van der Waals surface area contributed by atoms with Crippen LogP contribution in [0.25, 0.3) is 6.08 Å². The summed E-state index contributed by atoms with van der Waals surface area (Å²) >= 11 is 0. The summed E-state index contributed by atoms with van der Waals surface area (Å²) in [5.41, 5.74) is 0.692. The Morgan fingerprint density at radius 3 is 2.45 bits per heavy atom. The number of rotatable bonds is 9. The standard InChI is InChI=1S/C20H19F2NO6/c1-26-16-9-7-13(11-17(16)27-2)8-10-19(25)28-12-18(24)23-14-5-3-4-6-15(14)29-20(21)22/h3-11,20H,12H2,1-2H3,(H,23,24)/b10-8+. The highest BCUT2D eigenvalue weighted by atomic mass is 19.3. The van der Waals surface area contributed by atoms with Crippen LogP contribution in [0.5, 0.6) is 17.2 Å². The first kappa shape index (κ1) is 21.7. The SMILES string of the molecule is COc1ccc(/C=C/C(=O)OCC(=O)Nc2ccccc2OC(F)F)cc1OC. The van der Waals surface area contributed by atoms with Crippen LogP contribution in [0.1, 0.15) is 5.56 Å². The van der Waals surface area contributed by atoms with Crippen LogP contribution in [0.4, 0.5) is 14.5 Å². The molecular formula is C20H19F2NO6. The van der Waals surface area contributed by atoms with Gasteiger partial charge >= 0.3 is 12.6 Å². The van der Waals surface area contributed by atoms with Crippen molar-refractivity contribution >= 4 is 23.6 Å². The van der Waals surface area contributed by atoms with Gasteiger partial charge in [-0.1, -0.05) is 18.2 Å². The number of hydrogen-bond acceptors (Lipinski definition) is 6. The van der Waals surface area contributed by atoms with Gasteiger partial charge in [-0.05, 0) is 35.9 Å². The number of carbonyl (C=O) groups is 2. The Balaban J connectivity index is 1.89. The van der Waals surface area contributed by atoms with Gasteiger partial charge in [0.15, 0.2) is 18.1 Å². The second kappa shape index (κ2) is 10.6. The van der Waals surface area contributed by atoms with Crippen molar-refractivity contribution in [1.29, 1.82) is 0 Å². The van der Waals surface area contributed by atoms with E-state index in [1.54, 1.807) is 18.2 Å². The molecule has 0 aromatic heterocycles. The molecule has 29 heavy (non-hydrogen) atoms. The second-order valence-electron chi connectivity index (χ2n) is 5.48. The lowest BCUT2D eigenvalue weighted by Crippen LogP contribution is -2.20. The molecule has 2 rings (SSSR count). The van der Waals surface area contributed by atoms with Crippen molar-refractivity contribution in [2.45, 2.75) is 6.61 Å². The normalized spacial score (nSPS) is 10.7. The lowest BCUT2D eigenvalue weighted by molar-refractivity contribution is -0.142. The zero-order valence-electron chi connectivity index (χ0n) is 15.7. The average molecular weight is 407 g/mol. The fourth-order valence-corrected chi connectivity index (χ4v) is 2.26. The Bertz CT molecular complexity index is 885. The molecule has 0 aliphatic carbocycles. The fourth-order valence-electron chi connectivity index (χ4n) is 2.26. The van der Waals surface area contributed by atoms with E-state index >= 15 is 0 Å². The van der Waals surface area contributed by atoms with Crippen molar-refractivity contribution in [2.24, 2.45) is 0 Å². The van der Waals surface area contributed by atoms with Crippen LogP contribution < -0.4 is 19.5 Å². The number of anilines is 1. The van der Waals surface area contributed by atoms with E-state index in [9.17, 15) is 18.4 Å². The molecule has 0 aliphatic heterocycles. The quantitative estimate of drug-likeness (QED) is 0.506. The molecule has 7 nitrogen and oxygen atoms in total. The van der Waals surface area contributed by atoms with Crippen LogP contribution >= 0.6 is 0 Å². The molecule has 0 atom stereocenters. The first-order chi connectivity index (χ1) is 13.9.